The number of aromatic nitrogens is 2. The third-order valence-electron chi connectivity index (χ3n) is 13.5. The average Bonchev–Trinajstić information content (AvgIpc) is 4.17. The van der Waals surface area contributed by atoms with Gasteiger partial charge in [0.25, 0.3) is 0 Å². The van der Waals surface area contributed by atoms with Crippen LogP contribution in [0.4, 0.5) is 0 Å². The number of hydrogen-bond donors (Lipinski definition) is 15. The first-order valence-corrected chi connectivity index (χ1v) is 26.8. The summed E-state index contributed by atoms with van der Waals surface area (Å²) < 4.78 is 0. The minimum atomic E-state index is -1.44. The van der Waals surface area contributed by atoms with E-state index in [1.807, 2.05) is 36.4 Å². The molecule has 1 saturated heterocycles. The van der Waals surface area contributed by atoms with E-state index in [2.05, 4.69) is 62.8 Å². The number of aliphatic hydroxyl groups excluding tert-OH is 1. The van der Waals surface area contributed by atoms with E-state index in [4.69, 9.17) is 11.5 Å². The lowest BCUT2D eigenvalue weighted by Gasteiger charge is -2.30. The minimum Gasteiger partial charge on any atom is -0.508 e. The largest absolute Gasteiger partial charge is 0.508 e. The number of nitrogens with one attached hydrogen (secondary N) is 10. The lowest BCUT2D eigenvalue weighted by atomic mass is 9.98. The number of rotatable bonds is 30. The number of phenols is 1. The first-order chi connectivity index (χ1) is 38.5. The number of phenolic OH excluding ortho intramolecular Hbond substituents is 1. The summed E-state index contributed by atoms with van der Waals surface area (Å²) in [7, 11) is 0. The number of carbonyl (C=O) groups excluding carboxylic acids is 8. The molecule has 0 spiro atoms. The minimum absolute atomic E-state index is 0.0534. The number of H-pyrrole nitrogens is 1. The Bertz CT molecular complexity index is 2840. The average molecular weight is 1130 g/mol. The molecule has 1 aliphatic rings. The number of nitrogens with zero attached hydrogens (tertiary/aromatic N) is 2. The molecule has 0 aliphatic carbocycles. The van der Waals surface area contributed by atoms with Crippen molar-refractivity contribution < 1.29 is 58.5 Å². The molecular weight excluding hydrogens is 1050 g/mol. The molecule has 0 saturated carbocycles. The van der Waals surface area contributed by atoms with Crippen LogP contribution in [0.1, 0.15) is 77.1 Å². The maximum atomic E-state index is 14.6. The number of aliphatic carboxylic acids is 1. The van der Waals surface area contributed by atoms with Crippen molar-refractivity contribution in [3.05, 3.63) is 96.1 Å². The number of imidazole rings is 1. The Morgan fingerprint density at radius 1 is 0.654 bits per heavy atom. The quantitative estimate of drug-likeness (QED) is 0.0159. The summed E-state index contributed by atoms with van der Waals surface area (Å²) in [6.07, 6.45) is 3.64. The number of aromatic hydroxyl groups is 1. The third-order valence-corrected chi connectivity index (χ3v) is 13.5. The number of benzene rings is 3. The number of guanidine groups is 1. The zero-order chi connectivity index (χ0) is 59.3. The van der Waals surface area contributed by atoms with Crippen molar-refractivity contribution in [1.29, 1.82) is 0 Å². The lowest BCUT2D eigenvalue weighted by Crippen LogP contribution is -2.63. The number of amides is 8. The van der Waals surface area contributed by atoms with Crippen LogP contribution in [0.15, 0.2) is 84.2 Å². The topological polar surface area (TPSA) is 416 Å². The van der Waals surface area contributed by atoms with Crippen LogP contribution in [-0.2, 0) is 62.4 Å². The fourth-order valence-electron chi connectivity index (χ4n) is 9.15. The summed E-state index contributed by atoms with van der Waals surface area (Å²) in [6, 6.07) is 7.30. The zero-order valence-electron chi connectivity index (χ0n) is 46.0. The number of carboxylic acids is 1. The Balaban J connectivity index is 1.36. The fourth-order valence-corrected chi connectivity index (χ4v) is 9.15. The summed E-state index contributed by atoms with van der Waals surface area (Å²) in [5, 5.41) is 56.2. The van der Waals surface area contributed by atoms with Crippen molar-refractivity contribution in [2.45, 2.75) is 134 Å². The van der Waals surface area contributed by atoms with E-state index in [1.54, 1.807) is 33.8 Å². The number of carbonyl (C=O) groups is 9. The predicted molar refractivity (Wildman–Crippen MR) is 298 cm³/mol. The van der Waals surface area contributed by atoms with Gasteiger partial charge >= 0.3 is 5.97 Å². The number of fused-ring (bicyclic) bond motifs is 1. The summed E-state index contributed by atoms with van der Waals surface area (Å²) in [5.41, 5.74) is 12.5. The molecule has 5 rings (SSSR count). The van der Waals surface area contributed by atoms with Crippen molar-refractivity contribution in [3.8, 4) is 5.75 Å². The molecule has 1 aromatic heterocycles. The van der Waals surface area contributed by atoms with Gasteiger partial charge in [0.15, 0.2) is 5.96 Å². The molecule has 26 heteroatoms. The second kappa shape index (κ2) is 30.6. The molecular formula is C55H76N14O12. The van der Waals surface area contributed by atoms with Crippen molar-refractivity contribution in [2.24, 2.45) is 28.3 Å². The molecule has 4 aromatic rings. The summed E-state index contributed by atoms with van der Waals surface area (Å²) >= 11 is 0. The predicted octanol–water partition coefficient (Wildman–Crippen LogP) is -1.61. The van der Waals surface area contributed by atoms with Crippen LogP contribution < -0.4 is 59.3 Å². The molecule has 9 atom stereocenters. The van der Waals surface area contributed by atoms with Crippen LogP contribution in [0.2, 0.25) is 0 Å². The molecule has 1 aliphatic heterocycles. The van der Waals surface area contributed by atoms with E-state index < -0.39 is 126 Å². The van der Waals surface area contributed by atoms with E-state index in [0.29, 0.717) is 36.2 Å². The maximum absolute atomic E-state index is 14.6. The van der Waals surface area contributed by atoms with E-state index in [9.17, 15) is 58.5 Å². The second-order valence-corrected chi connectivity index (χ2v) is 20.7. The number of aliphatic hydroxyl groups is 1. The Morgan fingerprint density at radius 2 is 1.21 bits per heavy atom. The molecule has 17 N–H and O–H groups in total. The molecule has 9 unspecified atom stereocenters. The van der Waals surface area contributed by atoms with E-state index in [-0.39, 0.29) is 50.4 Å². The van der Waals surface area contributed by atoms with Crippen LogP contribution in [-0.4, -0.2) is 159 Å². The molecule has 8 amide bonds. The van der Waals surface area contributed by atoms with Gasteiger partial charge in [-0.05, 0) is 78.1 Å². The highest BCUT2D eigenvalue weighted by molar-refractivity contribution is 5.98. The van der Waals surface area contributed by atoms with Crippen molar-refractivity contribution >= 4 is 70.0 Å². The molecule has 2 heterocycles. The van der Waals surface area contributed by atoms with E-state index in [1.165, 1.54) is 36.8 Å². The maximum Gasteiger partial charge on any atom is 0.326 e. The third kappa shape index (κ3) is 19.6. The number of aliphatic imine (C=N–C) groups is 1. The van der Waals surface area contributed by atoms with Gasteiger partial charge in [-0.15, -0.1) is 0 Å². The van der Waals surface area contributed by atoms with Gasteiger partial charge in [0.1, 0.15) is 54.1 Å². The molecule has 1 fully saturated rings. The van der Waals surface area contributed by atoms with E-state index in [0.717, 1.165) is 17.7 Å². The summed E-state index contributed by atoms with van der Waals surface area (Å²) in [5.74, 6) is -9.30. The van der Waals surface area contributed by atoms with Gasteiger partial charge in [0.05, 0.1) is 12.9 Å². The molecule has 3 aromatic carbocycles. The Kier molecular flexibility index (Phi) is 23.9. The highest BCUT2D eigenvalue weighted by Gasteiger charge is 2.39. The highest BCUT2D eigenvalue weighted by atomic mass is 16.4. The summed E-state index contributed by atoms with van der Waals surface area (Å²) in [4.78, 5) is 135. The van der Waals surface area contributed by atoms with Crippen LogP contribution >= 0.6 is 0 Å². The van der Waals surface area contributed by atoms with Crippen molar-refractivity contribution in [1.82, 2.24) is 57.8 Å². The molecule has 0 radical (unpaired) electrons. The Morgan fingerprint density at radius 3 is 1.77 bits per heavy atom. The monoisotopic (exact) mass is 1120 g/mol. The van der Waals surface area contributed by atoms with Crippen LogP contribution in [0, 0.1) is 11.8 Å². The smallest absolute Gasteiger partial charge is 0.326 e. The van der Waals surface area contributed by atoms with Gasteiger partial charge < -0.3 is 79.6 Å². The van der Waals surface area contributed by atoms with Gasteiger partial charge in [0, 0.05) is 50.7 Å². The van der Waals surface area contributed by atoms with Crippen molar-refractivity contribution in [3.63, 3.8) is 0 Å². The van der Waals surface area contributed by atoms with Gasteiger partial charge in [-0.2, -0.15) is 0 Å². The molecule has 438 valence electrons. The number of hydrogen-bond acceptors (Lipinski definition) is 14. The fraction of sp³-hybridized carbons (Fsp3) is 0.473. The highest BCUT2D eigenvalue weighted by Crippen LogP contribution is 2.19. The number of nitrogens with two attached hydrogens (primary N) is 2. The first-order valence-electron chi connectivity index (χ1n) is 26.8. The first kappa shape index (κ1) is 63.2. The summed E-state index contributed by atoms with van der Waals surface area (Å²) in [6.45, 7) is 7.46. The van der Waals surface area contributed by atoms with Crippen LogP contribution in [0.5, 0.6) is 5.75 Å². The number of aromatic amines is 1. The normalized spacial score (nSPS) is 16.0. The van der Waals surface area contributed by atoms with Crippen LogP contribution in [0.3, 0.4) is 0 Å². The SMILES string of the molecule is CC(=O)NC(CO)C(=O)NC(CCCN=C(N)N)C(=O)NC(C(=O)NC(Cc1ccc(O)cc1)C(=O)NC(C(=O)NC(Cc1cnc[nH]1)C(=O)NC(C(=O)NC(Cc1ccc2ccccc2c1)C(=O)O)C1CCCN1)C(C)C)C(C)C. The second-order valence-electron chi connectivity index (χ2n) is 20.7. The standard InChI is InChI=1S/C55H76N14O12/c1-29(2)44(67-47(73)39(13-9-21-60-55(56)57)63-50(76)43(27-70)62-31(5)71)51(77)64-40(23-32-15-18-37(72)19-16-32)48(74)68-45(30(3)4)52(78)65-41(25-36-26-58-28-61-36)49(75)69-46(38-12-8-20-59-38)53(79)66-42(54(80)81)24-33-14-17-34-10-6-7-11-35(34)22-33/h6-7,10-11,14-19,22,26,28-30,38-46,59,70,72H,8-9,12-13,20-21,23-25,27H2,1-5H3,(H,58,61)(H,62,71)(H,63,76)(H,64,77)(H,65,78)(H,66,79)(H,67,73)(H,68,74)(H,69,75)(H,80,81)(H4,56,57,60). The van der Waals surface area contributed by atoms with Gasteiger partial charge in [-0.3, -0.25) is 43.3 Å². The Hall–Kier alpha value is -8.65. The number of carboxylic acid groups (broad SMARTS) is 1. The molecule has 81 heavy (non-hydrogen) atoms. The van der Waals surface area contributed by atoms with Gasteiger partial charge in [0.2, 0.25) is 47.3 Å². The molecule has 26 nitrogen and oxygen atoms in total. The van der Waals surface area contributed by atoms with Crippen LogP contribution in [0.25, 0.3) is 10.8 Å². The Labute approximate surface area is 468 Å². The van der Waals surface area contributed by atoms with Gasteiger partial charge in [-0.25, -0.2) is 9.78 Å². The lowest BCUT2D eigenvalue weighted by molar-refractivity contribution is -0.142. The van der Waals surface area contributed by atoms with Gasteiger partial charge in [-0.1, -0.05) is 82.3 Å². The zero-order valence-corrected chi connectivity index (χ0v) is 46.0. The molecule has 0 bridgehead atoms. The van der Waals surface area contributed by atoms with E-state index >= 15 is 0 Å². The van der Waals surface area contributed by atoms with Crippen molar-refractivity contribution in [2.75, 3.05) is 19.7 Å².